The second-order valence-electron chi connectivity index (χ2n) is 1.34. The molecule has 0 aromatic rings. The molecule has 1 atom stereocenters. The summed E-state index contributed by atoms with van der Waals surface area (Å²) in [5.41, 5.74) is 0. The maximum Gasteiger partial charge on any atom is 0.201 e. The van der Waals surface area contributed by atoms with Gasteiger partial charge < -0.3 is 4.74 Å². The second kappa shape index (κ2) is 4.97. The lowest BCUT2D eigenvalue weighted by Crippen LogP contribution is -2.06. The highest BCUT2D eigenvalue weighted by molar-refractivity contribution is 4.37. The van der Waals surface area contributed by atoms with Crippen molar-refractivity contribution in [2.45, 2.75) is 19.7 Å². The highest BCUT2D eigenvalue weighted by Gasteiger charge is 2.02. The standard InChI is InChI=1S/C5H10F2O/c1-2-8-5(7)3-4-6/h5H,2-4H2,1H3. The maximum atomic E-state index is 11.9. The zero-order valence-electron chi connectivity index (χ0n) is 4.86. The quantitative estimate of drug-likeness (QED) is 0.554. The summed E-state index contributed by atoms with van der Waals surface area (Å²) >= 11 is 0. The van der Waals surface area contributed by atoms with Crippen LogP contribution in [-0.4, -0.2) is 19.6 Å². The smallest absolute Gasteiger partial charge is 0.201 e. The van der Waals surface area contributed by atoms with E-state index in [1.54, 1.807) is 6.92 Å². The predicted octanol–water partition coefficient (Wildman–Crippen LogP) is 1.68. The lowest BCUT2D eigenvalue weighted by atomic mass is 10.5. The molecule has 0 N–H and O–H groups in total. The third kappa shape index (κ3) is 3.99. The van der Waals surface area contributed by atoms with Crippen LogP contribution in [0.1, 0.15) is 13.3 Å². The molecule has 0 radical (unpaired) electrons. The van der Waals surface area contributed by atoms with Crippen LogP contribution in [0.15, 0.2) is 0 Å². The van der Waals surface area contributed by atoms with Gasteiger partial charge in [-0.1, -0.05) is 0 Å². The summed E-state index contributed by atoms with van der Waals surface area (Å²) in [5, 5.41) is 0. The van der Waals surface area contributed by atoms with Crippen LogP contribution < -0.4 is 0 Å². The fraction of sp³-hybridized carbons (Fsp3) is 1.00. The summed E-state index contributed by atoms with van der Waals surface area (Å²) in [7, 11) is 0. The van der Waals surface area contributed by atoms with Crippen LogP contribution in [0, 0.1) is 0 Å². The summed E-state index contributed by atoms with van der Waals surface area (Å²) in [4.78, 5) is 0. The molecule has 0 saturated carbocycles. The van der Waals surface area contributed by atoms with Crippen molar-refractivity contribution in [3.05, 3.63) is 0 Å². The van der Waals surface area contributed by atoms with Gasteiger partial charge in [-0.05, 0) is 6.92 Å². The second-order valence-corrected chi connectivity index (χ2v) is 1.34. The van der Waals surface area contributed by atoms with Gasteiger partial charge in [-0.3, -0.25) is 4.39 Å². The van der Waals surface area contributed by atoms with E-state index in [1.807, 2.05) is 0 Å². The Labute approximate surface area is 47.6 Å². The Hall–Kier alpha value is -0.180. The first-order chi connectivity index (χ1) is 3.81. The van der Waals surface area contributed by atoms with Gasteiger partial charge in [0.15, 0.2) is 0 Å². The number of hydrogen-bond acceptors (Lipinski definition) is 1. The van der Waals surface area contributed by atoms with Crippen molar-refractivity contribution in [1.29, 1.82) is 0 Å². The molecular formula is C5H10F2O. The van der Waals surface area contributed by atoms with Gasteiger partial charge in [0.2, 0.25) is 6.36 Å². The van der Waals surface area contributed by atoms with E-state index < -0.39 is 13.0 Å². The number of halogens is 2. The Balaban J connectivity index is 2.92. The van der Waals surface area contributed by atoms with Crippen LogP contribution in [0.4, 0.5) is 8.78 Å². The SMILES string of the molecule is CCOC(F)CCF. The highest BCUT2D eigenvalue weighted by Crippen LogP contribution is 1.98. The van der Waals surface area contributed by atoms with Gasteiger partial charge in [0.25, 0.3) is 0 Å². The minimum Gasteiger partial charge on any atom is -0.348 e. The first-order valence-corrected chi connectivity index (χ1v) is 2.63. The molecule has 50 valence electrons. The van der Waals surface area contributed by atoms with Crippen LogP contribution in [-0.2, 0) is 4.74 Å². The number of rotatable bonds is 4. The molecule has 0 rings (SSSR count). The van der Waals surface area contributed by atoms with Crippen molar-refractivity contribution in [3.63, 3.8) is 0 Å². The van der Waals surface area contributed by atoms with E-state index in [4.69, 9.17) is 0 Å². The van der Waals surface area contributed by atoms with E-state index in [0.29, 0.717) is 6.61 Å². The minimum atomic E-state index is -1.41. The molecule has 1 nitrogen and oxygen atoms in total. The van der Waals surface area contributed by atoms with Crippen molar-refractivity contribution in [3.8, 4) is 0 Å². The fourth-order valence-electron chi connectivity index (χ4n) is 0.350. The zero-order chi connectivity index (χ0) is 6.41. The van der Waals surface area contributed by atoms with Gasteiger partial charge in [-0.25, -0.2) is 4.39 Å². The van der Waals surface area contributed by atoms with Crippen LogP contribution >= 0.6 is 0 Å². The Kier molecular flexibility index (Phi) is 4.85. The van der Waals surface area contributed by atoms with Gasteiger partial charge in [0, 0.05) is 13.0 Å². The molecule has 0 saturated heterocycles. The summed E-state index contributed by atoms with van der Waals surface area (Å²) < 4.78 is 27.6. The van der Waals surface area contributed by atoms with Gasteiger partial charge in [0.1, 0.15) is 0 Å². The molecule has 0 aliphatic carbocycles. The molecule has 3 heteroatoms. The summed E-state index contributed by atoms with van der Waals surface area (Å²) in [5.74, 6) is 0. The Morgan fingerprint density at radius 3 is 2.62 bits per heavy atom. The molecular weight excluding hydrogens is 114 g/mol. The predicted molar refractivity (Wildman–Crippen MR) is 27.1 cm³/mol. The van der Waals surface area contributed by atoms with Crippen molar-refractivity contribution < 1.29 is 13.5 Å². The van der Waals surface area contributed by atoms with Crippen LogP contribution in [0.3, 0.4) is 0 Å². The molecule has 0 amide bonds. The van der Waals surface area contributed by atoms with Crippen LogP contribution in [0.25, 0.3) is 0 Å². The van der Waals surface area contributed by atoms with Gasteiger partial charge >= 0.3 is 0 Å². The van der Waals surface area contributed by atoms with Crippen molar-refractivity contribution in [1.82, 2.24) is 0 Å². The molecule has 8 heavy (non-hydrogen) atoms. The van der Waals surface area contributed by atoms with Gasteiger partial charge in [-0.15, -0.1) is 0 Å². The van der Waals surface area contributed by atoms with Gasteiger partial charge in [-0.2, -0.15) is 0 Å². The van der Waals surface area contributed by atoms with Crippen molar-refractivity contribution in [2.24, 2.45) is 0 Å². The number of hydrogen-bond donors (Lipinski definition) is 0. The molecule has 0 heterocycles. The molecule has 0 spiro atoms. The van der Waals surface area contributed by atoms with Crippen molar-refractivity contribution in [2.75, 3.05) is 13.3 Å². The average molecular weight is 124 g/mol. The molecule has 1 unspecified atom stereocenters. The number of ether oxygens (including phenoxy) is 1. The lowest BCUT2D eigenvalue weighted by molar-refractivity contribution is -0.0402. The van der Waals surface area contributed by atoms with Gasteiger partial charge in [0.05, 0.1) is 6.67 Å². The van der Waals surface area contributed by atoms with E-state index in [1.165, 1.54) is 0 Å². The molecule has 0 aliphatic rings. The maximum absolute atomic E-state index is 11.9. The summed E-state index contributed by atoms with van der Waals surface area (Å²) in [6.07, 6.45) is -1.56. The van der Waals surface area contributed by atoms with E-state index >= 15 is 0 Å². The molecule has 0 aliphatic heterocycles. The first kappa shape index (κ1) is 7.82. The first-order valence-electron chi connectivity index (χ1n) is 2.63. The Bertz CT molecular complexity index is 43.7. The highest BCUT2D eigenvalue weighted by atomic mass is 19.2. The third-order valence-corrected chi connectivity index (χ3v) is 0.684. The monoisotopic (exact) mass is 124 g/mol. The van der Waals surface area contributed by atoms with E-state index in [9.17, 15) is 8.78 Å². The molecule has 0 fully saturated rings. The minimum absolute atomic E-state index is 0.145. The largest absolute Gasteiger partial charge is 0.348 e. The summed E-state index contributed by atoms with van der Waals surface area (Å²) in [6.45, 7) is 1.33. The zero-order valence-corrected chi connectivity index (χ0v) is 4.86. The molecule has 0 aromatic carbocycles. The van der Waals surface area contributed by atoms with E-state index in [0.717, 1.165) is 0 Å². The molecule has 0 bridgehead atoms. The number of alkyl halides is 2. The van der Waals surface area contributed by atoms with Crippen molar-refractivity contribution >= 4 is 0 Å². The summed E-state index contributed by atoms with van der Waals surface area (Å²) in [6, 6.07) is 0. The van der Waals surface area contributed by atoms with E-state index in [-0.39, 0.29) is 6.42 Å². The molecule has 0 aromatic heterocycles. The lowest BCUT2D eigenvalue weighted by Gasteiger charge is -2.02. The van der Waals surface area contributed by atoms with E-state index in [2.05, 4.69) is 4.74 Å². The topological polar surface area (TPSA) is 9.23 Å². The van der Waals surface area contributed by atoms with Crippen LogP contribution in [0.2, 0.25) is 0 Å². The average Bonchev–Trinajstić information content (AvgIpc) is 1.68. The fourth-order valence-corrected chi connectivity index (χ4v) is 0.350. The Morgan fingerprint density at radius 1 is 1.62 bits per heavy atom. The third-order valence-electron chi connectivity index (χ3n) is 0.684. The Morgan fingerprint density at radius 2 is 2.25 bits per heavy atom. The van der Waals surface area contributed by atoms with Crippen LogP contribution in [0.5, 0.6) is 0 Å². The normalized spacial score (nSPS) is 13.9.